The van der Waals surface area contributed by atoms with Gasteiger partial charge in [-0.05, 0) is 57.1 Å². The number of hydrogen-bond donors (Lipinski definition) is 2. The molecule has 1 aromatic rings. The van der Waals surface area contributed by atoms with Gasteiger partial charge in [-0.1, -0.05) is 37.0 Å². The minimum Gasteiger partial charge on any atom is -0.302 e. The summed E-state index contributed by atoms with van der Waals surface area (Å²) in [6, 6.07) is 5.66. The molecule has 1 unspecified atom stereocenters. The highest BCUT2D eigenvalue weighted by Gasteiger charge is 2.37. The van der Waals surface area contributed by atoms with Gasteiger partial charge in [0.25, 0.3) is 0 Å². The summed E-state index contributed by atoms with van der Waals surface area (Å²) in [7, 11) is 4.19. The van der Waals surface area contributed by atoms with Crippen molar-refractivity contribution in [1.29, 1.82) is 0 Å². The van der Waals surface area contributed by atoms with Gasteiger partial charge in [-0.2, -0.15) is 0 Å². The molecule has 0 aliphatic rings. The van der Waals surface area contributed by atoms with Crippen LogP contribution in [-0.2, 0) is 6.42 Å². The molecule has 0 amide bonds. The van der Waals surface area contributed by atoms with Crippen molar-refractivity contribution >= 4 is 23.2 Å². The molecule has 3 nitrogen and oxygen atoms in total. The third-order valence-corrected chi connectivity index (χ3v) is 5.00. The predicted molar refractivity (Wildman–Crippen MR) is 88.3 cm³/mol. The number of benzene rings is 1. The second-order valence-corrected chi connectivity index (χ2v) is 6.21. The molecule has 0 aliphatic carbocycles. The third kappa shape index (κ3) is 3.66. The lowest BCUT2D eigenvalue weighted by molar-refractivity contribution is 0.0882. The van der Waals surface area contributed by atoms with Crippen LogP contribution in [0.1, 0.15) is 32.3 Å². The van der Waals surface area contributed by atoms with Gasteiger partial charge < -0.3 is 4.90 Å². The molecular formula is C15H25Cl2N3. The van der Waals surface area contributed by atoms with Crippen LogP contribution < -0.4 is 11.3 Å². The fraction of sp³-hybridized carbons (Fsp3) is 0.600. The molecule has 3 N–H and O–H groups in total. The van der Waals surface area contributed by atoms with E-state index in [1.54, 1.807) is 6.07 Å². The summed E-state index contributed by atoms with van der Waals surface area (Å²) >= 11 is 12.3. The van der Waals surface area contributed by atoms with Crippen LogP contribution in [-0.4, -0.2) is 30.6 Å². The second-order valence-electron chi connectivity index (χ2n) is 5.36. The maximum Gasteiger partial charge on any atom is 0.0439 e. The normalized spacial score (nSPS) is 13.8. The van der Waals surface area contributed by atoms with E-state index >= 15 is 0 Å². The van der Waals surface area contributed by atoms with Crippen LogP contribution in [0.3, 0.4) is 0 Å². The lowest BCUT2D eigenvalue weighted by atomic mass is 9.80. The topological polar surface area (TPSA) is 41.3 Å². The molecule has 0 aromatic heterocycles. The van der Waals surface area contributed by atoms with Crippen LogP contribution in [0.4, 0.5) is 0 Å². The average Bonchev–Trinajstić information content (AvgIpc) is 2.42. The summed E-state index contributed by atoms with van der Waals surface area (Å²) in [5.74, 6) is 5.83. The Morgan fingerprint density at radius 1 is 1.25 bits per heavy atom. The summed E-state index contributed by atoms with van der Waals surface area (Å²) < 4.78 is 0. The zero-order valence-electron chi connectivity index (χ0n) is 12.7. The molecule has 0 saturated carbocycles. The zero-order valence-corrected chi connectivity index (χ0v) is 14.2. The van der Waals surface area contributed by atoms with Crippen molar-refractivity contribution < 1.29 is 0 Å². The van der Waals surface area contributed by atoms with Crippen molar-refractivity contribution in [3.63, 3.8) is 0 Å². The van der Waals surface area contributed by atoms with Gasteiger partial charge >= 0.3 is 0 Å². The van der Waals surface area contributed by atoms with Crippen molar-refractivity contribution in [3.05, 3.63) is 33.8 Å². The zero-order chi connectivity index (χ0) is 15.3. The molecule has 0 radical (unpaired) electrons. The van der Waals surface area contributed by atoms with Gasteiger partial charge in [-0.25, -0.2) is 0 Å². The first-order chi connectivity index (χ1) is 9.41. The van der Waals surface area contributed by atoms with Gasteiger partial charge in [0.05, 0.1) is 0 Å². The number of hydrogen-bond acceptors (Lipinski definition) is 3. The Morgan fingerprint density at radius 2 is 1.85 bits per heavy atom. The minimum atomic E-state index is -0.0135. The summed E-state index contributed by atoms with van der Waals surface area (Å²) in [4.78, 5) is 2.25. The van der Waals surface area contributed by atoms with Gasteiger partial charge in [0.1, 0.15) is 0 Å². The van der Waals surface area contributed by atoms with E-state index in [2.05, 4.69) is 38.3 Å². The van der Waals surface area contributed by atoms with Gasteiger partial charge in [-0.3, -0.25) is 11.3 Å². The highest BCUT2D eigenvalue weighted by molar-refractivity contribution is 6.33. The van der Waals surface area contributed by atoms with Crippen molar-refractivity contribution in [2.75, 3.05) is 14.1 Å². The van der Waals surface area contributed by atoms with Crippen LogP contribution in [0.25, 0.3) is 0 Å². The van der Waals surface area contributed by atoms with E-state index in [1.165, 1.54) is 0 Å². The summed E-state index contributed by atoms with van der Waals surface area (Å²) in [5, 5.41) is 1.43. The first-order valence-electron chi connectivity index (χ1n) is 6.98. The van der Waals surface area contributed by atoms with E-state index in [4.69, 9.17) is 29.0 Å². The van der Waals surface area contributed by atoms with Crippen LogP contribution in [0.2, 0.25) is 10.0 Å². The number of nitrogens with one attached hydrogen (secondary N) is 1. The Bertz CT molecular complexity index is 431. The van der Waals surface area contributed by atoms with E-state index in [0.29, 0.717) is 5.02 Å². The highest BCUT2D eigenvalue weighted by atomic mass is 35.5. The van der Waals surface area contributed by atoms with Crippen LogP contribution >= 0.6 is 23.2 Å². The number of nitrogens with two attached hydrogens (primary N) is 1. The van der Waals surface area contributed by atoms with Gasteiger partial charge in [0.15, 0.2) is 0 Å². The summed E-state index contributed by atoms with van der Waals surface area (Å²) in [6.07, 6.45) is 2.75. The Hall–Kier alpha value is -0.320. The van der Waals surface area contributed by atoms with Crippen molar-refractivity contribution in [1.82, 2.24) is 10.3 Å². The number of likely N-dealkylation sites (N-methyl/N-ethyl adjacent to an activating group) is 1. The number of rotatable bonds is 7. The molecule has 114 valence electrons. The lowest BCUT2D eigenvalue weighted by Crippen LogP contribution is -2.61. The minimum absolute atomic E-state index is 0.0135. The number of nitrogens with zero attached hydrogens (tertiary/aromatic N) is 1. The molecule has 0 heterocycles. The van der Waals surface area contributed by atoms with Crippen LogP contribution in [0.15, 0.2) is 18.2 Å². The van der Waals surface area contributed by atoms with E-state index in [0.717, 1.165) is 29.8 Å². The van der Waals surface area contributed by atoms with E-state index in [9.17, 15) is 0 Å². The van der Waals surface area contributed by atoms with Gasteiger partial charge in [-0.15, -0.1) is 0 Å². The maximum atomic E-state index is 6.27. The van der Waals surface area contributed by atoms with Crippen molar-refractivity contribution in [2.24, 2.45) is 5.84 Å². The number of halogens is 2. The van der Waals surface area contributed by atoms with Crippen molar-refractivity contribution in [2.45, 2.75) is 44.7 Å². The van der Waals surface area contributed by atoms with E-state index in [1.807, 2.05) is 12.1 Å². The SMILES string of the molecule is CCC(CC)(C(Cc1cc(Cl)ccc1Cl)NN)N(C)C. The molecular weight excluding hydrogens is 293 g/mol. The van der Waals surface area contributed by atoms with Crippen molar-refractivity contribution in [3.8, 4) is 0 Å². The molecule has 5 heteroatoms. The third-order valence-electron chi connectivity index (χ3n) is 4.40. The van der Waals surface area contributed by atoms with E-state index in [-0.39, 0.29) is 11.6 Å². The average molecular weight is 318 g/mol. The molecule has 1 aromatic carbocycles. The Morgan fingerprint density at radius 3 is 2.30 bits per heavy atom. The lowest BCUT2D eigenvalue weighted by Gasteiger charge is -2.45. The van der Waals surface area contributed by atoms with Crippen LogP contribution in [0.5, 0.6) is 0 Å². The smallest absolute Gasteiger partial charge is 0.0439 e. The monoisotopic (exact) mass is 317 g/mol. The Labute approximate surface area is 132 Å². The predicted octanol–water partition coefficient (Wildman–Crippen LogP) is 3.49. The number of hydrazine groups is 1. The largest absolute Gasteiger partial charge is 0.302 e. The summed E-state index contributed by atoms with van der Waals surface area (Å²) in [6.45, 7) is 4.38. The quantitative estimate of drug-likeness (QED) is 0.597. The molecule has 0 aliphatic heterocycles. The Kier molecular flexibility index (Phi) is 6.76. The first-order valence-corrected chi connectivity index (χ1v) is 7.74. The second kappa shape index (κ2) is 7.62. The standard InChI is InChI=1S/C15H25Cl2N3/c1-5-15(6-2,20(3)4)14(19-18)10-11-9-12(16)7-8-13(11)17/h7-9,14,19H,5-6,10,18H2,1-4H3. The first kappa shape index (κ1) is 17.7. The molecule has 0 fully saturated rings. The molecule has 0 spiro atoms. The molecule has 0 bridgehead atoms. The molecule has 20 heavy (non-hydrogen) atoms. The maximum absolute atomic E-state index is 6.27. The van der Waals surface area contributed by atoms with Crippen LogP contribution in [0, 0.1) is 0 Å². The Balaban J connectivity index is 3.09. The summed E-state index contributed by atoms with van der Waals surface area (Å²) in [5.41, 5.74) is 3.99. The molecule has 1 rings (SSSR count). The fourth-order valence-corrected chi connectivity index (χ4v) is 3.40. The van der Waals surface area contributed by atoms with Gasteiger partial charge in [0.2, 0.25) is 0 Å². The molecule has 1 atom stereocenters. The van der Waals surface area contributed by atoms with Gasteiger partial charge in [0, 0.05) is 21.6 Å². The highest BCUT2D eigenvalue weighted by Crippen LogP contribution is 2.30. The van der Waals surface area contributed by atoms with E-state index < -0.39 is 0 Å². The fourth-order valence-electron chi connectivity index (χ4n) is 3.01. The molecule has 0 saturated heterocycles.